The molecular formula is C11H23NS. The molecule has 13 heavy (non-hydrogen) atoms. The van der Waals surface area contributed by atoms with E-state index in [4.69, 9.17) is 0 Å². The monoisotopic (exact) mass is 201 g/mol. The summed E-state index contributed by atoms with van der Waals surface area (Å²) in [6.45, 7) is 5.98. The molecule has 0 heterocycles. The zero-order chi connectivity index (χ0) is 9.68. The second-order valence-corrected chi connectivity index (χ2v) is 5.40. The molecule has 0 amide bonds. The Labute approximate surface area is 87.1 Å². The van der Waals surface area contributed by atoms with Crippen LogP contribution < -0.4 is 5.32 Å². The first-order valence-corrected chi connectivity index (χ1v) is 6.85. The fourth-order valence-corrected chi connectivity index (χ4v) is 2.04. The Hall–Kier alpha value is 0.310. The lowest BCUT2D eigenvalue weighted by Crippen LogP contribution is -2.27. The molecule has 1 N–H and O–H groups in total. The van der Waals surface area contributed by atoms with Crippen LogP contribution in [-0.4, -0.2) is 24.6 Å². The first-order chi connectivity index (χ1) is 6.24. The summed E-state index contributed by atoms with van der Waals surface area (Å²) in [5.41, 5.74) is 0. The van der Waals surface area contributed by atoms with Crippen LogP contribution in [0, 0.1) is 11.8 Å². The second kappa shape index (κ2) is 5.92. The first-order valence-electron chi connectivity index (χ1n) is 5.46. The van der Waals surface area contributed by atoms with Gasteiger partial charge in [0.05, 0.1) is 0 Å². The summed E-state index contributed by atoms with van der Waals surface area (Å²) in [5.74, 6) is 3.03. The largest absolute Gasteiger partial charge is 0.314 e. The molecule has 0 spiro atoms. The first kappa shape index (κ1) is 11.4. The smallest absolute Gasteiger partial charge is 0.00683 e. The minimum absolute atomic E-state index is 0.841. The van der Waals surface area contributed by atoms with E-state index in [0.717, 1.165) is 17.9 Å². The van der Waals surface area contributed by atoms with Crippen molar-refractivity contribution in [2.24, 2.45) is 11.8 Å². The quantitative estimate of drug-likeness (QED) is 0.680. The molecule has 1 aliphatic carbocycles. The van der Waals surface area contributed by atoms with Crippen LogP contribution in [0.4, 0.5) is 0 Å². The second-order valence-electron chi connectivity index (χ2n) is 4.42. The fraction of sp³-hybridized carbons (Fsp3) is 1.00. The maximum Gasteiger partial charge on any atom is 0.00683 e. The summed E-state index contributed by atoms with van der Waals surface area (Å²) < 4.78 is 0. The molecule has 78 valence electrons. The summed E-state index contributed by atoms with van der Waals surface area (Å²) in [6.07, 6.45) is 6.38. The number of hydrogen-bond donors (Lipinski definition) is 1. The van der Waals surface area contributed by atoms with Gasteiger partial charge in [-0.15, -0.1) is 0 Å². The van der Waals surface area contributed by atoms with Gasteiger partial charge in [0.2, 0.25) is 0 Å². The third-order valence-electron chi connectivity index (χ3n) is 3.05. The molecule has 0 radical (unpaired) electrons. The highest BCUT2D eigenvalue weighted by Gasteiger charge is 2.22. The minimum Gasteiger partial charge on any atom is -0.314 e. The Morgan fingerprint density at radius 3 is 2.54 bits per heavy atom. The van der Waals surface area contributed by atoms with Gasteiger partial charge < -0.3 is 5.32 Å². The highest BCUT2D eigenvalue weighted by atomic mass is 32.2. The topological polar surface area (TPSA) is 12.0 Å². The van der Waals surface area contributed by atoms with Gasteiger partial charge in [-0.25, -0.2) is 0 Å². The Balaban J connectivity index is 2.01. The van der Waals surface area contributed by atoms with Gasteiger partial charge >= 0.3 is 0 Å². The lowest BCUT2D eigenvalue weighted by atomic mass is 9.93. The van der Waals surface area contributed by atoms with E-state index in [9.17, 15) is 0 Å². The zero-order valence-electron chi connectivity index (χ0n) is 9.18. The van der Waals surface area contributed by atoms with E-state index in [-0.39, 0.29) is 0 Å². The lowest BCUT2D eigenvalue weighted by molar-refractivity contribution is 0.359. The van der Waals surface area contributed by atoms with Gasteiger partial charge in [-0.3, -0.25) is 0 Å². The summed E-state index contributed by atoms with van der Waals surface area (Å²) in [4.78, 5) is 0. The molecule has 0 bridgehead atoms. The van der Waals surface area contributed by atoms with E-state index in [2.05, 4.69) is 25.4 Å². The molecule has 1 nitrogen and oxygen atoms in total. The van der Waals surface area contributed by atoms with Crippen LogP contribution in [-0.2, 0) is 0 Å². The summed E-state index contributed by atoms with van der Waals surface area (Å²) in [6, 6.07) is 0.871. The summed E-state index contributed by atoms with van der Waals surface area (Å²) in [7, 11) is 0. The Bertz CT molecular complexity index is 134. The number of rotatable bonds is 7. The average molecular weight is 201 g/mol. The molecule has 1 fully saturated rings. The van der Waals surface area contributed by atoms with Gasteiger partial charge in [-0.2, -0.15) is 11.8 Å². The Morgan fingerprint density at radius 1 is 1.31 bits per heavy atom. The normalized spacial score (nSPS) is 21.5. The van der Waals surface area contributed by atoms with Gasteiger partial charge in [0.25, 0.3) is 0 Å². The molecule has 0 aliphatic heterocycles. The van der Waals surface area contributed by atoms with Crippen molar-refractivity contribution >= 4 is 11.8 Å². The van der Waals surface area contributed by atoms with E-state index in [1.807, 2.05) is 11.8 Å². The molecule has 1 aliphatic rings. The van der Waals surface area contributed by atoms with Crippen molar-refractivity contribution in [3.05, 3.63) is 0 Å². The van der Waals surface area contributed by atoms with Crippen LogP contribution in [0.1, 0.15) is 33.1 Å². The van der Waals surface area contributed by atoms with Crippen molar-refractivity contribution < 1.29 is 0 Å². The molecule has 0 aromatic carbocycles. The van der Waals surface area contributed by atoms with Crippen molar-refractivity contribution in [1.82, 2.24) is 5.32 Å². The number of hydrogen-bond acceptors (Lipinski definition) is 2. The van der Waals surface area contributed by atoms with Crippen molar-refractivity contribution in [2.45, 2.75) is 39.2 Å². The molecular weight excluding hydrogens is 178 g/mol. The van der Waals surface area contributed by atoms with Gasteiger partial charge in [0, 0.05) is 6.04 Å². The third-order valence-corrected chi connectivity index (χ3v) is 3.70. The standard InChI is InChI=1S/C11H23NS/c1-9(6-7-13-3)10(2)8-12-11-4-5-11/h9-12H,4-8H2,1-3H3. The lowest BCUT2D eigenvalue weighted by Gasteiger charge is -2.19. The maximum atomic E-state index is 3.61. The van der Waals surface area contributed by atoms with Gasteiger partial charge in [0.1, 0.15) is 0 Å². The van der Waals surface area contributed by atoms with Crippen LogP contribution >= 0.6 is 11.8 Å². The van der Waals surface area contributed by atoms with E-state index >= 15 is 0 Å². The molecule has 1 rings (SSSR count). The fourth-order valence-electron chi connectivity index (χ4n) is 1.43. The van der Waals surface area contributed by atoms with Gasteiger partial charge in [-0.05, 0) is 49.7 Å². The molecule has 2 atom stereocenters. The maximum absolute atomic E-state index is 3.61. The predicted octanol–water partition coefficient (Wildman–Crippen LogP) is 2.76. The van der Waals surface area contributed by atoms with E-state index in [1.54, 1.807) is 0 Å². The highest BCUT2D eigenvalue weighted by Crippen LogP contribution is 2.21. The van der Waals surface area contributed by atoms with Crippen LogP contribution in [0.3, 0.4) is 0 Å². The SMILES string of the molecule is CSCCC(C)C(C)CNC1CC1. The predicted molar refractivity (Wildman–Crippen MR) is 62.4 cm³/mol. The van der Waals surface area contributed by atoms with Gasteiger partial charge in [0.15, 0.2) is 0 Å². The van der Waals surface area contributed by atoms with Crippen LogP contribution in [0.15, 0.2) is 0 Å². The van der Waals surface area contributed by atoms with E-state index in [1.165, 1.54) is 31.6 Å². The van der Waals surface area contributed by atoms with Crippen molar-refractivity contribution in [3.63, 3.8) is 0 Å². The third kappa shape index (κ3) is 4.92. The summed E-state index contributed by atoms with van der Waals surface area (Å²) >= 11 is 1.96. The number of thioether (sulfide) groups is 1. The summed E-state index contributed by atoms with van der Waals surface area (Å²) in [5, 5.41) is 3.61. The van der Waals surface area contributed by atoms with Crippen molar-refractivity contribution in [3.8, 4) is 0 Å². The van der Waals surface area contributed by atoms with Crippen molar-refractivity contribution in [1.29, 1.82) is 0 Å². The van der Waals surface area contributed by atoms with Crippen molar-refractivity contribution in [2.75, 3.05) is 18.6 Å². The molecule has 2 heteroatoms. The minimum atomic E-state index is 0.841. The Morgan fingerprint density at radius 2 is 2.00 bits per heavy atom. The van der Waals surface area contributed by atoms with E-state index < -0.39 is 0 Å². The molecule has 2 unspecified atom stereocenters. The zero-order valence-corrected chi connectivity index (χ0v) is 9.99. The Kier molecular flexibility index (Phi) is 5.18. The van der Waals surface area contributed by atoms with Crippen LogP contribution in [0.25, 0.3) is 0 Å². The van der Waals surface area contributed by atoms with Crippen LogP contribution in [0.2, 0.25) is 0 Å². The molecule has 0 saturated heterocycles. The highest BCUT2D eigenvalue weighted by molar-refractivity contribution is 7.98. The average Bonchev–Trinajstić information content (AvgIpc) is 2.93. The number of nitrogens with one attached hydrogen (secondary N) is 1. The molecule has 0 aromatic rings. The molecule has 0 aromatic heterocycles. The molecule has 1 saturated carbocycles. The van der Waals surface area contributed by atoms with E-state index in [0.29, 0.717) is 0 Å². The van der Waals surface area contributed by atoms with Gasteiger partial charge in [-0.1, -0.05) is 13.8 Å². The van der Waals surface area contributed by atoms with Crippen LogP contribution in [0.5, 0.6) is 0 Å².